The molecule has 0 unspecified atom stereocenters. The number of aromatic nitrogens is 2. The van der Waals surface area contributed by atoms with Crippen molar-refractivity contribution in [2.45, 2.75) is 39.5 Å². The molecule has 150 valence electrons. The van der Waals surface area contributed by atoms with Crippen molar-refractivity contribution in [2.24, 2.45) is 5.92 Å². The maximum absolute atomic E-state index is 13.0. The predicted molar refractivity (Wildman–Crippen MR) is 108 cm³/mol. The molecular weight excluding hydrogens is 356 g/mol. The Hall–Kier alpha value is -2.83. The Morgan fingerprint density at radius 2 is 2.21 bits per heavy atom. The molecule has 2 aromatic rings. The van der Waals surface area contributed by atoms with E-state index in [0.717, 1.165) is 30.8 Å². The van der Waals surface area contributed by atoms with Crippen LogP contribution in [0.15, 0.2) is 30.5 Å². The van der Waals surface area contributed by atoms with Crippen molar-refractivity contribution in [3.8, 4) is 5.75 Å². The van der Waals surface area contributed by atoms with E-state index in [1.807, 2.05) is 29.2 Å². The summed E-state index contributed by atoms with van der Waals surface area (Å²) in [4.78, 5) is 26.3. The van der Waals surface area contributed by atoms with Crippen molar-refractivity contribution in [3.05, 3.63) is 41.7 Å². The van der Waals surface area contributed by atoms with E-state index in [0.29, 0.717) is 30.3 Å². The van der Waals surface area contributed by atoms with Gasteiger partial charge in [0.1, 0.15) is 5.75 Å². The van der Waals surface area contributed by atoms with E-state index in [-0.39, 0.29) is 17.7 Å². The van der Waals surface area contributed by atoms with Gasteiger partial charge in [0.05, 0.1) is 24.2 Å². The summed E-state index contributed by atoms with van der Waals surface area (Å²) in [6.07, 6.45) is 3.46. The third-order valence-electron chi connectivity index (χ3n) is 4.76. The number of carbonyl (C=O) groups excluding carboxylic acids is 2. The van der Waals surface area contributed by atoms with Crippen LogP contribution in [-0.2, 0) is 4.79 Å². The molecule has 28 heavy (non-hydrogen) atoms. The zero-order valence-corrected chi connectivity index (χ0v) is 16.7. The minimum atomic E-state index is -0.135. The number of piperidine rings is 1. The number of benzene rings is 1. The monoisotopic (exact) mass is 384 g/mol. The van der Waals surface area contributed by atoms with Crippen LogP contribution in [0.4, 0.5) is 5.69 Å². The van der Waals surface area contributed by atoms with E-state index in [4.69, 9.17) is 4.74 Å². The first kappa shape index (κ1) is 19.9. The number of hydrogen-bond acceptors (Lipinski definition) is 4. The molecule has 2 amide bonds. The number of ether oxygens (including phenoxy) is 1. The molecule has 1 aromatic carbocycles. The molecule has 0 saturated carbocycles. The number of carbonyl (C=O) groups is 2. The second-order valence-electron chi connectivity index (χ2n) is 7.70. The Bertz CT molecular complexity index is 831. The largest absolute Gasteiger partial charge is 0.493 e. The van der Waals surface area contributed by atoms with E-state index < -0.39 is 0 Å². The lowest BCUT2D eigenvalue weighted by atomic mass is 9.93. The zero-order chi connectivity index (χ0) is 20.1. The van der Waals surface area contributed by atoms with Gasteiger partial charge in [-0.1, -0.05) is 19.9 Å². The molecule has 2 heterocycles. The first-order chi connectivity index (χ1) is 13.4. The average molecular weight is 384 g/mol. The van der Waals surface area contributed by atoms with Gasteiger partial charge in [0.2, 0.25) is 5.91 Å². The molecule has 1 atom stereocenters. The van der Waals surface area contributed by atoms with Crippen LogP contribution in [0.5, 0.6) is 5.75 Å². The summed E-state index contributed by atoms with van der Waals surface area (Å²) in [6.45, 7) is 7.58. The summed E-state index contributed by atoms with van der Waals surface area (Å²) in [6, 6.07) is 7.37. The third-order valence-corrected chi connectivity index (χ3v) is 4.76. The van der Waals surface area contributed by atoms with Crippen molar-refractivity contribution in [3.63, 3.8) is 0 Å². The molecule has 0 radical (unpaired) electrons. The number of anilines is 1. The molecule has 7 nitrogen and oxygen atoms in total. The van der Waals surface area contributed by atoms with Crippen LogP contribution < -0.4 is 10.1 Å². The SMILES string of the molecule is CC(=O)Nc1cn[nH]c1[C@H]1CCCN(C(=O)c2cccc(OCC(C)C)c2)C1. The number of H-pyrrole nitrogens is 1. The van der Waals surface area contributed by atoms with Crippen LogP contribution in [0.1, 0.15) is 55.6 Å². The highest BCUT2D eigenvalue weighted by atomic mass is 16.5. The predicted octanol–water partition coefficient (Wildman–Crippen LogP) is 3.42. The molecule has 1 aliphatic rings. The summed E-state index contributed by atoms with van der Waals surface area (Å²) >= 11 is 0. The van der Waals surface area contributed by atoms with Gasteiger partial charge >= 0.3 is 0 Å². The normalized spacial score (nSPS) is 16.9. The number of amides is 2. The molecule has 1 saturated heterocycles. The Morgan fingerprint density at radius 3 is 2.96 bits per heavy atom. The fourth-order valence-electron chi connectivity index (χ4n) is 3.46. The van der Waals surface area contributed by atoms with Crippen LogP contribution in [0, 0.1) is 5.92 Å². The molecule has 0 spiro atoms. The van der Waals surface area contributed by atoms with Crippen molar-refractivity contribution in [1.29, 1.82) is 0 Å². The van der Waals surface area contributed by atoms with E-state index in [9.17, 15) is 9.59 Å². The van der Waals surface area contributed by atoms with Crippen LogP contribution >= 0.6 is 0 Å². The van der Waals surface area contributed by atoms with E-state index in [1.54, 1.807) is 6.20 Å². The number of rotatable bonds is 6. The molecule has 0 aliphatic carbocycles. The highest BCUT2D eigenvalue weighted by molar-refractivity contribution is 5.94. The van der Waals surface area contributed by atoms with Crippen molar-refractivity contribution >= 4 is 17.5 Å². The lowest BCUT2D eigenvalue weighted by Gasteiger charge is -2.32. The Kier molecular flexibility index (Phi) is 6.34. The smallest absolute Gasteiger partial charge is 0.254 e. The van der Waals surface area contributed by atoms with E-state index in [2.05, 4.69) is 29.4 Å². The molecular formula is C21H28N4O3. The van der Waals surface area contributed by atoms with Gasteiger partial charge in [-0.2, -0.15) is 5.10 Å². The second kappa shape index (κ2) is 8.91. The Labute approximate surface area is 165 Å². The number of nitrogens with one attached hydrogen (secondary N) is 2. The van der Waals surface area contributed by atoms with E-state index >= 15 is 0 Å². The van der Waals surface area contributed by atoms with Crippen LogP contribution in [0.2, 0.25) is 0 Å². The van der Waals surface area contributed by atoms with Gasteiger partial charge in [-0.25, -0.2) is 0 Å². The third kappa shape index (κ3) is 4.91. The number of aromatic amines is 1. The van der Waals surface area contributed by atoms with Gasteiger partial charge in [0.15, 0.2) is 0 Å². The first-order valence-electron chi connectivity index (χ1n) is 9.77. The highest BCUT2D eigenvalue weighted by Gasteiger charge is 2.28. The first-order valence-corrected chi connectivity index (χ1v) is 9.77. The lowest BCUT2D eigenvalue weighted by Crippen LogP contribution is -2.39. The Balaban J connectivity index is 1.70. The average Bonchev–Trinajstić information content (AvgIpc) is 3.13. The molecule has 0 bridgehead atoms. The molecule has 3 rings (SSSR count). The summed E-state index contributed by atoms with van der Waals surface area (Å²) in [5.41, 5.74) is 2.20. The van der Waals surface area contributed by atoms with Crippen molar-refractivity contribution in [2.75, 3.05) is 25.0 Å². The summed E-state index contributed by atoms with van der Waals surface area (Å²) in [7, 11) is 0. The fourth-order valence-corrected chi connectivity index (χ4v) is 3.46. The lowest BCUT2D eigenvalue weighted by molar-refractivity contribution is -0.114. The standard InChI is InChI=1S/C21H28N4O3/c1-14(2)13-28-18-8-4-6-16(10-18)21(27)25-9-5-7-17(12-25)20-19(11-22-24-20)23-15(3)26/h4,6,8,10-11,14,17H,5,7,9,12-13H2,1-3H3,(H,22,24)(H,23,26)/t17-/m0/s1. The van der Waals surface area contributed by atoms with Crippen LogP contribution in [0.25, 0.3) is 0 Å². The van der Waals surface area contributed by atoms with Gasteiger partial charge in [-0.05, 0) is 37.0 Å². The number of likely N-dealkylation sites (tertiary alicyclic amines) is 1. The molecule has 1 aliphatic heterocycles. The minimum absolute atomic E-state index is 0.000268. The molecule has 2 N–H and O–H groups in total. The van der Waals surface area contributed by atoms with Crippen molar-refractivity contribution < 1.29 is 14.3 Å². The summed E-state index contributed by atoms with van der Waals surface area (Å²) in [5, 5.41) is 9.86. The van der Waals surface area contributed by atoms with Crippen LogP contribution in [0.3, 0.4) is 0 Å². The van der Waals surface area contributed by atoms with E-state index in [1.165, 1.54) is 6.92 Å². The molecule has 1 aromatic heterocycles. The molecule has 1 fully saturated rings. The van der Waals surface area contributed by atoms with Gasteiger partial charge < -0.3 is 15.0 Å². The highest BCUT2D eigenvalue weighted by Crippen LogP contribution is 2.31. The molecule has 7 heteroatoms. The summed E-state index contributed by atoms with van der Waals surface area (Å²) < 4.78 is 5.75. The quantitative estimate of drug-likeness (QED) is 0.799. The number of nitrogens with zero attached hydrogens (tertiary/aromatic N) is 2. The Morgan fingerprint density at radius 1 is 1.39 bits per heavy atom. The van der Waals surface area contributed by atoms with Gasteiger partial charge in [0.25, 0.3) is 5.91 Å². The topological polar surface area (TPSA) is 87.3 Å². The fraction of sp³-hybridized carbons (Fsp3) is 0.476. The van der Waals surface area contributed by atoms with Crippen molar-refractivity contribution in [1.82, 2.24) is 15.1 Å². The van der Waals surface area contributed by atoms with Crippen LogP contribution in [-0.4, -0.2) is 46.6 Å². The van der Waals surface area contributed by atoms with Gasteiger partial charge in [-0.15, -0.1) is 0 Å². The zero-order valence-electron chi connectivity index (χ0n) is 16.7. The van der Waals surface area contributed by atoms with Gasteiger partial charge in [0, 0.05) is 31.5 Å². The summed E-state index contributed by atoms with van der Waals surface area (Å²) in [5.74, 6) is 1.12. The number of hydrogen-bond donors (Lipinski definition) is 2. The van der Waals surface area contributed by atoms with Gasteiger partial charge in [-0.3, -0.25) is 14.7 Å². The maximum atomic E-state index is 13.0. The second-order valence-corrected chi connectivity index (χ2v) is 7.70. The minimum Gasteiger partial charge on any atom is -0.493 e. The maximum Gasteiger partial charge on any atom is 0.254 e.